The van der Waals surface area contributed by atoms with E-state index in [4.69, 9.17) is 4.74 Å². The Labute approximate surface area is 110 Å². The quantitative estimate of drug-likeness (QED) is 0.841. The SMILES string of the molecule is CC(C)CNC(=O)COc1cccc(I)c1. The molecule has 0 aromatic heterocycles. The molecule has 1 aromatic rings. The third kappa shape index (κ3) is 5.34. The summed E-state index contributed by atoms with van der Waals surface area (Å²) in [5, 5.41) is 2.80. The molecule has 16 heavy (non-hydrogen) atoms. The predicted octanol–water partition coefficient (Wildman–Crippen LogP) is 2.44. The van der Waals surface area contributed by atoms with Crippen LogP contribution in [0.1, 0.15) is 13.8 Å². The largest absolute Gasteiger partial charge is 0.484 e. The van der Waals surface area contributed by atoms with Gasteiger partial charge in [-0.3, -0.25) is 4.79 Å². The normalized spacial score (nSPS) is 10.2. The molecule has 0 radical (unpaired) electrons. The molecular weight excluding hydrogens is 317 g/mol. The van der Waals surface area contributed by atoms with Gasteiger partial charge < -0.3 is 10.1 Å². The highest BCUT2D eigenvalue weighted by atomic mass is 127. The van der Waals surface area contributed by atoms with Gasteiger partial charge in [0.05, 0.1) is 0 Å². The standard InChI is InChI=1S/C12H16INO2/c1-9(2)7-14-12(15)8-16-11-5-3-4-10(13)6-11/h3-6,9H,7-8H2,1-2H3,(H,14,15). The number of halogens is 1. The zero-order valence-corrected chi connectivity index (χ0v) is 11.7. The molecule has 0 bridgehead atoms. The molecule has 3 nitrogen and oxygen atoms in total. The third-order valence-corrected chi connectivity index (χ3v) is 2.54. The molecule has 1 amide bonds. The minimum Gasteiger partial charge on any atom is -0.484 e. The highest BCUT2D eigenvalue weighted by Crippen LogP contribution is 2.14. The van der Waals surface area contributed by atoms with Crippen molar-refractivity contribution in [1.82, 2.24) is 5.32 Å². The van der Waals surface area contributed by atoms with E-state index >= 15 is 0 Å². The lowest BCUT2D eigenvalue weighted by Gasteiger charge is -2.09. The number of hydrogen-bond donors (Lipinski definition) is 1. The number of carbonyl (C=O) groups excluding carboxylic acids is 1. The molecule has 0 saturated carbocycles. The minimum atomic E-state index is -0.0763. The second-order valence-electron chi connectivity index (χ2n) is 3.94. The first kappa shape index (κ1) is 13.3. The summed E-state index contributed by atoms with van der Waals surface area (Å²) in [6.07, 6.45) is 0. The van der Waals surface area contributed by atoms with E-state index < -0.39 is 0 Å². The summed E-state index contributed by atoms with van der Waals surface area (Å²) in [4.78, 5) is 11.4. The molecule has 1 aromatic carbocycles. The third-order valence-electron chi connectivity index (χ3n) is 1.87. The molecule has 0 atom stereocenters. The van der Waals surface area contributed by atoms with Gasteiger partial charge in [0.2, 0.25) is 0 Å². The van der Waals surface area contributed by atoms with E-state index in [1.807, 2.05) is 24.3 Å². The van der Waals surface area contributed by atoms with Crippen LogP contribution in [0, 0.1) is 9.49 Å². The Bertz CT molecular complexity index is 353. The zero-order valence-electron chi connectivity index (χ0n) is 9.50. The Balaban J connectivity index is 2.31. The van der Waals surface area contributed by atoms with E-state index in [1.54, 1.807) is 0 Å². The highest BCUT2D eigenvalue weighted by molar-refractivity contribution is 14.1. The van der Waals surface area contributed by atoms with Crippen LogP contribution in [0.4, 0.5) is 0 Å². The first-order valence-corrected chi connectivity index (χ1v) is 6.31. The second kappa shape index (κ2) is 6.73. The molecule has 0 spiro atoms. The molecule has 0 heterocycles. The number of carbonyl (C=O) groups is 1. The monoisotopic (exact) mass is 333 g/mol. The van der Waals surface area contributed by atoms with Crippen LogP contribution in [0.5, 0.6) is 5.75 Å². The van der Waals surface area contributed by atoms with Crippen LogP contribution in [-0.2, 0) is 4.79 Å². The molecule has 0 unspecified atom stereocenters. The molecule has 4 heteroatoms. The van der Waals surface area contributed by atoms with Crippen LogP contribution in [0.2, 0.25) is 0 Å². The second-order valence-corrected chi connectivity index (χ2v) is 5.19. The van der Waals surface area contributed by atoms with Gasteiger partial charge in [-0.05, 0) is 46.7 Å². The van der Waals surface area contributed by atoms with Gasteiger partial charge in [-0.2, -0.15) is 0 Å². The Hall–Kier alpha value is -0.780. The topological polar surface area (TPSA) is 38.3 Å². The smallest absolute Gasteiger partial charge is 0.257 e. The lowest BCUT2D eigenvalue weighted by atomic mass is 10.2. The van der Waals surface area contributed by atoms with Crippen molar-refractivity contribution in [1.29, 1.82) is 0 Å². The van der Waals surface area contributed by atoms with Crippen molar-refractivity contribution < 1.29 is 9.53 Å². The number of nitrogens with one attached hydrogen (secondary N) is 1. The fraction of sp³-hybridized carbons (Fsp3) is 0.417. The fourth-order valence-electron chi connectivity index (χ4n) is 1.07. The van der Waals surface area contributed by atoms with Crippen molar-refractivity contribution in [2.75, 3.05) is 13.2 Å². The van der Waals surface area contributed by atoms with Crippen molar-refractivity contribution in [2.45, 2.75) is 13.8 Å². The molecule has 0 saturated heterocycles. The van der Waals surface area contributed by atoms with Crippen LogP contribution in [0.25, 0.3) is 0 Å². The van der Waals surface area contributed by atoms with Crippen LogP contribution < -0.4 is 10.1 Å². The van der Waals surface area contributed by atoms with Crippen LogP contribution in [0.15, 0.2) is 24.3 Å². The van der Waals surface area contributed by atoms with E-state index in [-0.39, 0.29) is 12.5 Å². The number of ether oxygens (including phenoxy) is 1. The van der Waals surface area contributed by atoms with Crippen molar-refractivity contribution in [3.05, 3.63) is 27.8 Å². The molecule has 0 aliphatic carbocycles. The van der Waals surface area contributed by atoms with Gasteiger partial charge in [0.15, 0.2) is 6.61 Å². The summed E-state index contributed by atoms with van der Waals surface area (Å²) < 4.78 is 6.46. The maximum absolute atomic E-state index is 11.4. The van der Waals surface area contributed by atoms with Crippen molar-refractivity contribution >= 4 is 28.5 Å². The molecular formula is C12H16INO2. The highest BCUT2D eigenvalue weighted by Gasteiger charge is 2.03. The number of hydrogen-bond acceptors (Lipinski definition) is 2. The maximum Gasteiger partial charge on any atom is 0.257 e. The molecule has 0 aliphatic heterocycles. The number of benzene rings is 1. The first-order chi connectivity index (χ1) is 7.58. The lowest BCUT2D eigenvalue weighted by molar-refractivity contribution is -0.123. The fourth-order valence-corrected chi connectivity index (χ4v) is 1.59. The average Bonchev–Trinajstić information content (AvgIpc) is 2.23. The van der Waals surface area contributed by atoms with E-state index in [9.17, 15) is 4.79 Å². The molecule has 0 fully saturated rings. The van der Waals surface area contributed by atoms with Crippen molar-refractivity contribution in [2.24, 2.45) is 5.92 Å². The summed E-state index contributed by atoms with van der Waals surface area (Å²) in [5.74, 6) is 1.11. The summed E-state index contributed by atoms with van der Waals surface area (Å²) in [7, 11) is 0. The van der Waals surface area contributed by atoms with E-state index in [0.29, 0.717) is 12.5 Å². The van der Waals surface area contributed by atoms with Crippen molar-refractivity contribution in [3.8, 4) is 5.75 Å². The Morgan fingerprint density at radius 2 is 2.25 bits per heavy atom. The molecule has 88 valence electrons. The average molecular weight is 333 g/mol. The van der Waals surface area contributed by atoms with Crippen molar-refractivity contribution in [3.63, 3.8) is 0 Å². The Morgan fingerprint density at radius 3 is 2.88 bits per heavy atom. The maximum atomic E-state index is 11.4. The van der Waals surface area contributed by atoms with Gasteiger partial charge >= 0.3 is 0 Å². The predicted molar refractivity (Wildman–Crippen MR) is 72.5 cm³/mol. The molecule has 1 rings (SSSR count). The summed E-state index contributed by atoms with van der Waals surface area (Å²) in [6, 6.07) is 7.63. The van der Waals surface area contributed by atoms with Gasteiger partial charge in [0, 0.05) is 10.1 Å². The van der Waals surface area contributed by atoms with Gasteiger partial charge in [-0.25, -0.2) is 0 Å². The van der Waals surface area contributed by atoms with Gasteiger partial charge in [0.25, 0.3) is 5.91 Å². The number of amides is 1. The minimum absolute atomic E-state index is 0.0762. The molecule has 0 aliphatic rings. The van der Waals surface area contributed by atoms with E-state index in [1.165, 1.54) is 0 Å². The lowest BCUT2D eigenvalue weighted by Crippen LogP contribution is -2.31. The number of rotatable bonds is 5. The zero-order chi connectivity index (χ0) is 12.0. The van der Waals surface area contributed by atoms with Gasteiger partial charge in [-0.15, -0.1) is 0 Å². The summed E-state index contributed by atoms with van der Waals surface area (Å²) in [5.41, 5.74) is 0. The van der Waals surface area contributed by atoms with Crippen LogP contribution >= 0.6 is 22.6 Å². The van der Waals surface area contributed by atoms with Gasteiger partial charge in [0.1, 0.15) is 5.75 Å². The molecule has 1 N–H and O–H groups in total. The van der Waals surface area contributed by atoms with Crippen LogP contribution in [0.3, 0.4) is 0 Å². The van der Waals surface area contributed by atoms with E-state index in [2.05, 4.69) is 41.8 Å². The van der Waals surface area contributed by atoms with Gasteiger partial charge in [-0.1, -0.05) is 19.9 Å². The Kier molecular flexibility index (Phi) is 5.59. The Morgan fingerprint density at radius 1 is 1.50 bits per heavy atom. The summed E-state index contributed by atoms with van der Waals surface area (Å²) >= 11 is 2.21. The summed E-state index contributed by atoms with van der Waals surface area (Å²) in [6.45, 7) is 4.88. The first-order valence-electron chi connectivity index (χ1n) is 5.23. The van der Waals surface area contributed by atoms with Crippen LogP contribution in [-0.4, -0.2) is 19.1 Å². The van der Waals surface area contributed by atoms with E-state index in [0.717, 1.165) is 9.32 Å².